The molecular weight excluding hydrogens is 476 g/mol. The highest BCUT2D eigenvalue weighted by Crippen LogP contribution is 2.29. The van der Waals surface area contributed by atoms with Crippen LogP contribution in [0.3, 0.4) is 0 Å². The van der Waals surface area contributed by atoms with Crippen molar-refractivity contribution in [2.45, 2.75) is 70.2 Å². The van der Waals surface area contributed by atoms with E-state index in [0.29, 0.717) is 19.0 Å². The van der Waals surface area contributed by atoms with Crippen molar-refractivity contribution in [3.8, 4) is 11.4 Å². The van der Waals surface area contributed by atoms with Gasteiger partial charge in [-0.15, -0.1) is 21.5 Å². The van der Waals surface area contributed by atoms with E-state index in [1.807, 2.05) is 48.7 Å². The number of aryl methyl sites for hydroxylation is 1. The van der Waals surface area contributed by atoms with Crippen LogP contribution in [0.4, 0.5) is 0 Å². The van der Waals surface area contributed by atoms with Gasteiger partial charge in [0.15, 0.2) is 0 Å². The molecule has 1 saturated heterocycles. The number of rotatable bonds is 9. The topological polar surface area (TPSA) is 102 Å². The van der Waals surface area contributed by atoms with Crippen LogP contribution in [0.2, 0.25) is 0 Å². The van der Waals surface area contributed by atoms with E-state index in [-0.39, 0.29) is 30.5 Å². The number of nitrogens with zero attached hydrogens (tertiary/aromatic N) is 5. The van der Waals surface area contributed by atoms with Gasteiger partial charge in [-0.2, -0.15) is 4.80 Å². The fourth-order valence-corrected chi connectivity index (χ4v) is 5.76. The van der Waals surface area contributed by atoms with Gasteiger partial charge < -0.3 is 15.0 Å². The Labute approximate surface area is 214 Å². The number of thiophene rings is 1. The zero-order valence-corrected chi connectivity index (χ0v) is 21.3. The fraction of sp³-hybridized carbons (Fsp3) is 0.500. The van der Waals surface area contributed by atoms with E-state index in [2.05, 4.69) is 20.7 Å². The lowest BCUT2D eigenvalue weighted by Crippen LogP contribution is -2.49. The molecule has 1 aromatic carbocycles. The quantitative estimate of drug-likeness (QED) is 0.475. The van der Waals surface area contributed by atoms with Crippen molar-refractivity contribution < 1.29 is 14.3 Å². The lowest BCUT2D eigenvalue weighted by molar-refractivity contribution is -0.143. The predicted molar refractivity (Wildman–Crippen MR) is 136 cm³/mol. The van der Waals surface area contributed by atoms with Gasteiger partial charge in [0.05, 0.1) is 6.10 Å². The van der Waals surface area contributed by atoms with Crippen molar-refractivity contribution in [1.82, 2.24) is 30.4 Å². The Morgan fingerprint density at radius 3 is 2.67 bits per heavy atom. The normalized spacial score (nSPS) is 18.9. The SMILES string of the molecule is Cc1ccc(-c2nnn(CC(=O)N(C[C@@H]3CCCO3)[C@H](C(=O)NC3CCCC3)c3cccs3)n2)cc1. The first-order valence-electron chi connectivity index (χ1n) is 12.7. The van der Waals surface area contributed by atoms with Crippen LogP contribution in [0, 0.1) is 6.92 Å². The number of benzene rings is 1. The van der Waals surface area contributed by atoms with Crippen LogP contribution in [0.15, 0.2) is 41.8 Å². The molecule has 1 saturated carbocycles. The summed E-state index contributed by atoms with van der Waals surface area (Å²) >= 11 is 1.48. The Kier molecular flexibility index (Phi) is 7.72. The van der Waals surface area contributed by atoms with E-state index in [4.69, 9.17) is 4.74 Å². The summed E-state index contributed by atoms with van der Waals surface area (Å²) in [5.74, 6) is 0.0863. The molecule has 2 aliphatic rings. The monoisotopic (exact) mass is 508 g/mol. The number of carbonyl (C=O) groups excluding carboxylic acids is 2. The molecule has 1 N–H and O–H groups in total. The van der Waals surface area contributed by atoms with Gasteiger partial charge in [-0.1, -0.05) is 48.7 Å². The van der Waals surface area contributed by atoms with E-state index in [0.717, 1.165) is 54.5 Å². The lowest BCUT2D eigenvalue weighted by Gasteiger charge is -2.32. The minimum Gasteiger partial charge on any atom is -0.376 e. The summed E-state index contributed by atoms with van der Waals surface area (Å²) < 4.78 is 5.86. The molecule has 1 aliphatic carbocycles. The summed E-state index contributed by atoms with van der Waals surface area (Å²) in [6, 6.07) is 11.1. The molecule has 190 valence electrons. The largest absolute Gasteiger partial charge is 0.376 e. The van der Waals surface area contributed by atoms with E-state index < -0.39 is 6.04 Å². The molecule has 36 heavy (non-hydrogen) atoms. The Bertz CT molecular complexity index is 1150. The van der Waals surface area contributed by atoms with E-state index >= 15 is 0 Å². The summed E-state index contributed by atoms with van der Waals surface area (Å²) in [6.45, 7) is 2.93. The average Bonchev–Trinajstić information content (AvgIpc) is 3.68. The van der Waals surface area contributed by atoms with Crippen LogP contribution in [-0.4, -0.2) is 62.2 Å². The average molecular weight is 509 g/mol. The van der Waals surface area contributed by atoms with E-state index in [1.165, 1.54) is 16.1 Å². The third kappa shape index (κ3) is 5.82. The highest BCUT2D eigenvalue weighted by atomic mass is 32.1. The van der Waals surface area contributed by atoms with Gasteiger partial charge in [-0.3, -0.25) is 9.59 Å². The second-order valence-electron chi connectivity index (χ2n) is 9.60. The number of carbonyl (C=O) groups is 2. The summed E-state index contributed by atoms with van der Waals surface area (Å²) in [6.07, 6.45) is 5.92. The fourth-order valence-electron chi connectivity index (χ4n) is 4.92. The first-order valence-corrected chi connectivity index (χ1v) is 13.5. The summed E-state index contributed by atoms with van der Waals surface area (Å²) in [7, 11) is 0. The number of amides is 2. The van der Waals surface area contributed by atoms with Crippen LogP contribution in [0.25, 0.3) is 11.4 Å². The van der Waals surface area contributed by atoms with Gasteiger partial charge in [0.1, 0.15) is 12.6 Å². The summed E-state index contributed by atoms with van der Waals surface area (Å²) in [4.78, 5) is 31.1. The number of hydrogen-bond acceptors (Lipinski definition) is 7. The molecule has 0 bridgehead atoms. The number of ether oxygens (including phenoxy) is 1. The summed E-state index contributed by atoms with van der Waals surface area (Å²) in [5.41, 5.74) is 1.98. The minimum atomic E-state index is -0.720. The molecular formula is C26H32N6O3S. The Morgan fingerprint density at radius 2 is 1.97 bits per heavy atom. The zero-order valence-electron chi connectivity index (χ0n) is 20.5. The molecule has 2 amide bonds. The van der Waals surface area contributed by atoms with Crippen LogP contribution < -0.4 is 5.32 Å². The van der Waals surface area contributed by atoms with Crippen molar-refractivity contribution >= 4 is 23.2 Å². The first kappa shape index (κ1) is 24.6. The molecule has 5 rings (SSSR count). The highest BCUT2D eigenvalue weighted by molar-refractivity contribution is 7.10. The molecule has 0 radical (unpaired) electrons. The molecule has 2 atom stereocenters. The Hall–Kier alpha value is -3.11. The number of nitrogens with one attached hydrogen (secondary N) is 1. The Balaban J connectivity index is 1.38. The van der Waals surface area contributed by atoms with E-state index in [1.54, 1.807) is 4.90 Å². The van der Waals surface area contributed by atoms with Gasteiger partial charge in [-0.05, 0) is 49.3 Å². The standard InChI is InChI=1S/C26H32N6O3S/c1-18-10-12-19(13-11-18)25-28-30-32(29-25)17-23(33)31(16-21-8-4-14-35-21)24(22-9-5-15-36-22)26(34)27-20-6-2-3-7-20/h5,9-13,15,20-21,24H,2-4,6-8,14,16-17H2,1H3,(H,27,34)/t21-,24-/m0/s1. The van der Waals surface area contributed by atoms with Gasteiger partial charge >= 0.3 is 0 Å². The smallest absolute Gasteiger partial charge is 0.248 e. The number of aromatic nitrogens is 4. The van der Waals surface area contributed by atoms with Crippen molar-refractivity contribution in [3.05, 3.63) is 52.2 Å². The molecule has 10 heteroatoms. The van der Waals surface area contributed by atoms with Crippen LogP contribution >= 0.6 is 11.3 Å². The number of hydrogen-bond donors (Lipinski definition) is 1. The highest BCUT2D eigenvalue weighted by Gasteiger charge is 2.36. The predicted octanol–water partition coefficient (Wildman–Crippen LogP) is 3.52. The second-order valence-corrected chi connectivity index (χ2v) is 10.6. The molecule has 3 aromatic rings. The van der Waals surface area contributed by atoms with Crippen LogP contribution in [0.5, 0.6) is 0 Å². The molecule has 2 fully saturated rings. The van der Waals surface area contributed by atoms with Crippen molar-refractivity contribution in [1.29, 1.82) is 0 Å². The van der Waals surface area contributed by atoms with Crippen molar-refractivity contribution in [2.75, 3.05) is 13.2 Å². The number of tetrazole rings is 1. The molecule has 0 spiro atoms. The third-order valence-electron chi connectivity index (χ3n) is 6.86. The van der Waals surface area contributed by atoms with Crippen molar-refractivity contribution in [3.63, 3.8) is 0 Å². The third-order valence-corrected chi connectivity index (χ3v) is 7.78. The second kappa shape index (κ2) is 11.3. The van der Waals surface area contributed by atoms with Gasteiger partial charge in [0, 0.05) is 29.6 Å². The first-order chi connectivity index (χ1) is 17.6. The maximum Gasteiger partial charge on any atom is 0.248 e. The lowest BCUT2D eigenvalue weighted by atomic mass is 10.1. The molecule has 9 nitrogen and oxygen atoms in total. The zero-order chi connectivity index (χ0) is 24.9. The molecule has 0 unspecified atom stereocenters. The molecule has 2 aromatic heterocycles. The Morgan fingerprint density at radius 1 is 1.17 bits per heavy atom. The van der Waals surface area contributed by atoms with Crippen molar-refractivity contribution in [2.24, 2.45) is 0 Å². The maximum absolute atomic E-state index is 13.7. The van der Waals surface area contributed by atoms with Gasteiger partial charge in [0.2, 0.25) is 17.6 Å². The van der Waals surface area contributed by atoms with E-state index in [9.17, 15) is 9.59 Å². The maximum atomic E-state index is 13.7. The minimum absolute atomic E-state index is 0.0949. The molecule has 3 heterocycles. The van der Waals surface area contributed by atoms with Crippen LogP contribution in [-0.2, 0) is 20.9 Å². The van der Waals surface area contributed by atoms with Gasteiger partial charge in [-0.25, -0.2) is 0 Å². The van der Waals surface area contributed by atoms with Gasteiger partial charge in [0.25, 0.3) is 0 Å². The molecule has 1 aliphatic heterocycles. The summed E-state index contributed by atoms with van der Waals surface area (Å²) in [5, 5.41) is 17.8. The van der Waals surface area contributed by atoms with Crippen LogP contribution in [0.1, 0.15) is 55.0 Å².